The standard InChI is InChI=1S/C21H22N4OS/c1-2-24-20(16-13-14-16)22-23-21(24)27-15-19(26)25(17-9-5-3-6-10-17)18-11-7-4-8-12-18/h3-12,16H,2,13-15H2,1H3. The van der Waals surface area contributed by atoms with E-state index < -0.39 is 0 Å². The summed E-state index contributed by atoms with van der Waals surface area (Å²) in [6, 6.07) is 19.5. The minimum absolute atomic E-state index is 0.0241. The number of nitrogens with zero attached hydrogens (tertiary/aromatic N) is 4. The number of carbonyl (C=O) groups excluding carboxylic acids is 1. The van der Waals surface area contributed by atoms with Crippen LogP contribution in [0.25, 0.3) is 0 Å². The molecule has 1 aliphatic carbocycles. The van der Waals surface area contributed by atoms with Crippen molar-refractivity contribution in [3.8, 4) is 0 Å². The zero-order chi connectivity index (χ0) is 18.6. The third-order valence-corrected chi connectivity index (χ3v) is 5.56. The Balaban J connectivity index is 1.54. The van der Waals surface area contributed by atoms with Crippen molar-refractivity contribution in [3.63, 3.8) is 0 Å². The van der Waals surface area contributed by atoms with Crippen LogP contribution < -0.4 is 4.90 Å². The van der Waals surface area contributed by atoms with Crippen LogP contribution in [0.1, 0.15) is 31.5 Å². The summed E-state index contributed by atoms with van der Waals surface area (Å²) < 4.78 is 2.14. The Kier molecular flexibility index (Phi) is 5.25. The lowest BCUT2D eigenvalue weighted by molar-refractivity contribution is -0.115. The van der Waals surface area contributed by atoms with Gasteiger partial charge in [0.25, 0.3) is 0 Å². The molecule has 0 N–H and O–H groups in total. The molecule has 0 unspecified atom stereocenters. The van der Waals surface area contributed by atoms with E-state index in [9.17, 15) is 4.79 Å². The average molecular weight is 379 g/mol. The first kappa shape index (κ1) is 17.8. The van der Waals surface area contributed by atoms with Gasteiger partial charge in [0.1, 0.15) is 5.82 Å². The molecular formula is C21H22N4OS. The van der Waals surface area contributed by atoms with E-state index in [0.717, 1.165) is 28.9 Å². The summed E-state index contributed by atoms with van der Waals surface area (Å²) in [5, 5.41) is 9.51. The molecule has 1 saturated carbocycles. The molecule has 6 heteroatoms. The molecule has 5 nitrogen and oxygen atoms in total. The van der Waals surface area contributed by atoms with Crippen molar-refractivity contribution in [1.29, 1.82) is 0 Å². The van der Waals surface area contributed by atoms with Crippen molar-refractivity contribution in [1.82, 2.24) is 14.8 Å². The molecule has 0 aliphatic heterocycles. The number of carbonyl (C=O) groups is 1. The number of para-hydroxylation sites is 2. The van der Waals surface area contributed by atoms with Crippen molar-refractivity contribution in [2.24, 2.45) is 0 Å². The molecule has 27 heavy (non-hydrogen) atoms. The molecule has 1 aromatic heterocycles. The molecule has 0 radical (unpaired) electrons. The quantitative estimate of drug-likeness (QED) is 0.562. The maximum absolute atomic E-state index is 13.1. The topological polar surface area (TPSA) is 51.0 Å². The van der Waals surface area contributed by atoms with E-state index in [-0.39, 0.29) is 5.91 Å². The highest BCUT2D eigenvalue weighted by Crippen LogP contribution is 2.40. The van der Waals surface area contributed by atoms with E-state index in [4.69, 9.17) is 0 Å². The minimum Gasteiger partial charge on any atom is -0.306 e. The summed E-state index contributed by atoms with van der Waals surface area (Å²) >= 11 is 1.46. The molecule has 1 fully saturated rings. The van der Waals surface area contributed by atoms with Crippen molar-refractivity contribution >= 4 is 29.0 Å². The smallest absolute Gasteiger partial charge is 0.242 e. The molecule has 2 aromatic carbocycles. The number of aromatic nitrogens is 3. The van der Waals surface area contributed by atoms with Gasteiger partial charge in [-0.2, -0.15) is 0 Å². The van der Waals surface area contributed by atoms with Gasteiger partial charge >= 0.3 is 0 Å². The summed E-state index contributed by atoms with van der Waals surface area (Å²) in [6.45, 7) is 2.93. The molecular weight excluding hydrogens is 356 g/mol. The van der Waals surface area contributed by atoms with Crippen LogP contribution in [0.3, 0.4) is 0 Å². The van der Waals surface area contributed by atoms with E-state index in [1.165, 1.54) is 24.6 Å². The van der Waals surface area contributed by atoms with Crippen LogP contribution in [0.5, 0.6) is 0 Å². The molecule has 3 aromatic rings. The number of amides is 1. The number of benzene rings is 2. The Labute approximate surface area is 163 Å². The fraction of sp³-hybridized carbons (Fsp3) is 0.286. The number of rotatable bonds is 7. The molecule has 0 spiro atoms. The Morgan fingerprint density at radius 2 is 1.63 bits per heavy atom. The molecule has 138 valence electrons. The summed E-state index contributed by atoms with van der Waals surface area (Å²) in [5.74, 6) is 1.95. The molecule has 0 atom stereocenters. The van der Waals surface area contributed by atoms with Gasteiger partial charge in [-0.25, -0.2) is 0 Å². The van der Waals surface area contributed by atoms with Gasteiger partial charge in [-0.1, -0.05) is 48.2 Å². The third kappa shape index (κ3) is 3.90. The highest BCUT2D eigenvalue weighted by atomic mass is 32.2. The fourth-order valence-corrected chi connectivity index (χ4v) is 3.99. The van der Waals surface area contributed by atoms with E-state index in [1.54, 1.807) is 4.90 Å². The zero-order valence-corrected chi connectivity index (χ0v) is 16.1. The first-order valence-corrected chi connectivity index (χ1v) is 10.3. The van der Waals surface area contributed by atoms with Gasteiger partial charge in [0.15, 0.2) is 5.16 Å². The van der Waals surface area contributed by atoms with Gasteiger partial charge in [0, 0.05) is 23.8 Å². The van der Waals surface area contributed by atoms with Crippen LogP contribution >= 0.6 is 11.8 Å². The second-order valence-corrected chi connectivity index (χ2v) is 7.49. The van der Waals surface area contributed by atoms with Crippen molar-refractivity contribution in [2.45, 2.75) is 37.4 Å². The lowest BCUT2D eigenvalue weighted by Crippen LogP contribution is -2.27. The first-order chi connectivity index (χ1) is 13.3. The van der Waals surface area contributed by atoms with Crippen LogP contribution in [0.4, 0.5) is 11.4 Å². The van der Waals surface area contributed by atoms with Crippen LogP contribution in [0, 0.1) is 0 Å². The van der Waals surface area contributed by atoms with Gasteiger partial charge in [0.2, 0.25) is 5.91 Å². The average Bonchev–Trinajstić information content (AvgIpc) is 3.48. The van der Waals surface area contributed by atoms with E-state index in [2.05, 4.69) is 21.7 Å². The van der Waals surface area contributed by atoms with Crippen LogP contribution in [-0.2, 0) is 11.3 Å². The predicted octanol–water partition coefficient (Wildman–Crippen LogP) is 4.63. The second-order valence-electron chi connectivity index (χ2n) is 6.55. The highest BCUT2D eigenvalue weighted by Gasteiger charge is 2.30. The predicted molar refractivity (Wildman–Crippen MR) is 108 cm³/mol. The summed E-state index contributed by atoms with van der Waals surface area (Å²) in [5.41, 5.74) is 1.73. The van der Waals surface area contributed by atoms with Crippen molar-refractivity contribution in [3.05, 3.63) is 66.5 Å². The Morgan fingerprint density at radius 3 is 2.15 bits per heavy atom. The first-order valence-electron chi connectivity index (χ1n) is 9.27. The Hall–Kier alpha value is -2.60. The summed E-state index contributed by atoms with van der Waals surface area (Å²) in [4.78, 5) is 14.9. The molecule has 0 saturated heterocycles. The monoisotopic (exact) mass is 378 g/mol. The summed E-state index contributed by atoms with van der Waals surface area (Å²) in [7, 11) is 0. The fourth-order valence-electron chi connectivity index (χ4n) is 3.13. The normalized spacial score (nSPS) is 13.5. The minimum atomic E-state index is 0.0241. The zero-order valence-electron chi connectivity index (χ0n) is 15.3. The maximum Gasteiger partial charge on any atom is 0.242 e. The van der Waals surface area contributed by atoms with E-state index in [1.807, 2.05) is 60.7 Å². The second kappa shape index (κ2) is 7.96. The maximum atomic E-state index is 13.1. The van der Waals surface area contributed by atoms with E-state index in [0.29, 0.717) is 11.7 Å². The number of anilines is 2. The number of hydrogen-bond acceptors (Lipinski definition) is 4. The number of hydrogen-bond donors (Lipinski definition) is 0. The van der Waals surface area contributed by atoms with Crippen LogP contribution in [0.2, 0.25) is 0 Å². The molecule has 1 aliphatic rings. The van der Waals surface area contributed by atoms with Gasteiger partial charge < -0.3 is 4.57 Å². The van der Waals surface area contributed by atoms with E-state index >= 15 is 0 Å². The number of thioether (sulfide) groups is 1. The highest BCUT2D eigenvalue weighted by molar-refractivity contribution is 7.99. The SMILES string of the molecule is CCn1c(SCC(=O)N(c2ccccc2)c2ccccc2)nnc1C1CC1. The Bertz CT molecular complexity index is 867. The lowest BCUT2D eigenvalue weighted by Gasteiger charge is -2.23. The van der Waals surface area contributed by atoms with Gasteiger partial charge in [-0.15, -0.1) is 10.2 Å². The van der Waals surface area contributed by atoms with Crippen LogP contribution in [0.15, 0.2) is 65.8 Å². The third-order valence-electron chi connectivity index (χ3n) is 4.61. The molecule has 4 rings (SSSR count). The summed E-state index contributed by atoms with van der Waals surface area (Å²) in [6.07, 6.45) is 2.38. The largest absolute Gasteiger partial charge is 0.306 e. The van der Waals surface area contributed by atoms with Gasteiger partial charge in [0.05, 0.1) is 5.75 Å². The van der Waals surface area contributed by atoms with Crippen molar-refractivity contribution < 1.29 is 4.79 Å². The Morgan fingerprint density at radius 1 is 1.04 bits per heavy atom. The van der Waals surface area contributed by atoms with Gasteiger partial charge in [-0.05, 0) is 44.0 Å². The lowest BCUT2D eigenvalue weighted by atomic mass is 10.2. The molecule has 0 bridgehead atoms. The van der Waals surface area contributed by atoms with Crippen molar-refractivity contribution in [2.75, 3.05) is 10.7 Å². The molecule has 1 amide bonds. The van der Waals surface area contributed by atoms with Crippen LogP contribution in [-0.4, -0.2) is 26.4 Å². The van der Waals surface area contributed by atoms with Gasteiger partial charge in [-0.3, -0.25) is 9.69 Å². The molecule has 1 heterocycles.